The number of rotatable bonds is 2. The second-order valence-electron chi connectivity index (χ2n) is 2.47. The minimum absolute atomic E-state index is 0.0741. The van der Waals surface area contributed by atoms with Gasteiger partial charge in [0.2, 0.25) is 0 Å². The van der Waals surface area contributed by atoms with E-state index in [9.17, 15) is 4.39 Å². The quantitative estimate of drug-likeness (QED) is 0.534. The third-order valence-corrected chi connectivity index (χ3v) is 1.10. The number of hydrogen-bond donors (Lipinski definition) is 0. The van der Waals surface area contributed by atoms with Crippen molar-refractivity contribution in [1.82, 2.24) is 0 Å². The van der Waals surface area contributed by atoms with Crippen LogP contribution in [0.25, 0.3) is 0 Å². The van der Waals surface area contributed by atoms with Crippen molar-refractivity contribution in [2.24, 2.45) is 0 Å². The number of ether oxygens (including phenoxy) is 1. The SMILES string of the molecule is CC(C)OC1CC1F. The molecule has 1 nitrogen and oxygen atoms in total. The maximum absolute atomic E-state index is 12.0. The molecule has 0 aromatic carbocycles. The summed E-state index contributed by atoms with van der Waals surface area (Å²) in [6.45, 7) is 3.84. The number of alkyl halides is 1. The summed E-state index contributed by atoms with van der Waals surface area (Å²) in [6.07, 6.45) is 0.0474. The Hall–Kier alpha value is -0.110. The van der Waals surface area contributed by atoms with Crippen LogP contribution in [0.3, 0.4) is 0 Å². The second kappa shape index (κ2) is 2.02. The summed E-state index contributed by atoms with van der Waals surface area (Å²) in [5.74, 6) is 0. The van der Waals surface area contributed by atoms with Gasteiger partial charge in [0.1, 0.15) is 6.17 Å². The average molecular weight is 118 g/mol. The Morgan fingerprint density at radius 1 is 1.62 bits per heavy atom. The highest BCUT2D eigenvalue weighted by Gasteiger charge is 2.39. The van der Waals surface area contributed by atoms with Gasteiger partial charge in [-0.2, -0.15) is 0 Å². The Morgan fingerprint density at radius 3 is 2.25 bits per heavy atom. The van der Waals surface area contributed by atoms with Gasteiger partial charge in [0.15, 0.2) is 0 Å². The third kappa shape index (κ3) is 1.44. The van der Waals surface area contributed by atoms with E-state index in [0.717, 1.165) is 0 Å². The van der Waals surface area contributed by atoms with E-state index >= 15 is 0 Å². The molecule has 1 fully saturated rings. The predicted octanol–water partition coefficient (Wildman–Crippen LogP) is 1.52. The van der Waals surface area contributed by atoms with Gasteiger partial charge in [-0.05, 0) is 13.8 Å². The van der Waals surface area contributed by atoms with Crippen molar-refractivity contribution in [3.05, 3.63) is 0 Å². The van der Waals surface area contributed by atoms with E-state index in [-0.39, 0.29) is 12.2 Å². The fourth-order valence-corrected chi connectivity index (χ4v) is 0.634. The fraction of sp³-hybridized carbons (Fsp3) is 1.00. The molecule has 1 aliphatic rings. The first-order valence-corrected chi connectivity index (χ1v) is 2.99. The van der Waals surface area contributed by atoms with Crippen LogP contribution in [0.2, 0.25) is 0 Å². The molecule has 0 aliphatic heterocycles. The second-order valence-corrected chi connectivity index (χ2v) is 2.47. The molecule has 0 spiro atoms. The van der Waals surface area contributed by atoms with Crippen molar-refractivity contribution in [2.45, 2.75) is 38.6 Å². The monoisotopic (exact) mass is 118 g/mol. The van der Waals surface area contributed by atoms with Gasteiger partial charge in [-0.25, -0.2) is 4.39 Å². The van der Waals surface area contributed by atoms with E-state index in [1.54, 1.807) is 0 Å². The van der Waals surface area contributed by atoms with E-state index in [2.05, 4.69) is 0 Å². The van der Waals surface area contributed by atoms with Crippen LogP contribution >= 0.6 is 0 Å². The Bertz CT molecular complexity index is 82.6. The summed E-state index contributed by atoms with van der Waals surface area (Å²) in [4.78, 5) is 0. The van der Waals surface area contributed by atoms with Crippen molar-refractivity contribution in [3.8, 4) is 0 Å². The average Bonchev–Trinajstić information content (AvgIpc) is 2.17. The van der Waals surface area contributed by atoms with Gasteiger partial charge in [0.05, 0.1) is 12.2 Å². The van der Waals surface area contributed by atoms with E-state index in [1.807, 2.05) is 13.8 Å². The molecule has 0 aromatic heterocycles. The van der Waals surface area contributed by atoms with Gasteiger partial charge in [-0.3, -0.25) is 0 Å². The highest BCUT2D eigenvalue weighted by molar-refractivity contribution is 4.88. The molecule has 1 rings (SSSR count). The Labute approximate surface area is 48.8 Å². The lowest BCUT2D eigenvalue weighted by Crippen LogP contribution is -2.05. The van der Waals surface area contributed by atoms with E-state index in [0.29, 0.717) is 6.42 Å². The zero-order valence-corrected chi connectivity index (χ0v) is 5.23. The molecule has 2 unspecified atom stereocenters. The molecule has 0 saturated heterocycles. The zero-order valence-electron chi connectivity index (χ0n) is 5.23. The summed E-state index contributed by atoms with van der Waals surface area (Å²) in [6, 6.07) is 0. The van der Waals surface area contributed by atoms with Crippen molar-refractivity contribution < 1.29 is 9.13 Å². The van der Waals surface area contributed by atoms with Gasteiger partial charge in [0, 0.05) is 6.42 Å². The van der Waals surface area contributed by atoms with Crippen molar-refractivity contribution in [1.29, 1.82) is 0 Å². The molecule has 0 bridgehead atoms. The molecular formula is C6H11FO. The molecular weight excluding hydrogens is 107 g/mol. The first-order valence-electron chi connectivity index (χ1n) is 2.99. The summed E-state index contributed by atoms with van der Waals surface area (Å²) >= 11 is 0. The van der Waals surface area contributed by atoms with Crippen LogP contribution < -0.4 is 0 Å². The molecule has 0 heterocycles. The lowest BCUT2D eigenvalue weighted by molar-refractivity contribution is 0.0516. The number of halogens is 1. The highest BCUT2D eigenvalue weighted by Crippen LogP contribution is 2.29. The Kier molecular flexibility index (Phi) is 1.52. The summed E-state index contributed by atoms with van der Waals surface area (Å²) in [5.41, 5.74) is 0. The van der Waals surface area contributed by atoms with Crippen LogP contribution in [0.15, 0.2) is 0 Å². The van der Waals surface area contributed by atoms with Crippen LogP contribution in [0.5, 0.6) is 0 Å². The van der Waals surface area contributed by atoms with Gasteiger partial charge < -0.3 is 4.74 Å². The minimum Gasteiger partial charge on any atom is -0.372 e. The topological polar surface area (TPSA) is 9.23 Å². The van der Waals surface area contributed by atoms with Crippen LogP contribution in [0, 0.1) is 0 Å². The fourth-order valence-electron chi connectivity index (χ4n) is 0.634. The maximum atomic E-state index is 12.0. The minimum atomic E-state index is -0.669. The normalized spacial score (nSPS) is 36.0. The van der Waals surface area contributed by atoms with E-state index in [4.69, 9.17) is 4.74 Å². The van der Waals surface area contributed by atoms with Crippen LogP contribution in [0.4, 0.5) is 4.39 Å². The molecule has 1 saturated carbocycles. The van der Waals surface area contributed by atoms with Crippen LogP contribution in [-0.4, -0.2) is 18.4 Å². The van der Waals surface area contributed by atoms with Crippen LogP contribution in [-0.2, 0) is 4.74 Å². The van der Waals surface area contributed by atoms with Gasteiger partial charge in [-0.1, -0.05) is 0 Å². The van der Waals surface area contributed by atoms with Gasteiger partial charge in [0.25, 0.3) is 0 Å². The lowest BCUT2D eigenvalue weighted by Gasteiger charge is -2.02. The standard InChI is InChI=1S/C6H11FO/c1-4(2)8-6-3-5(6)7/h4-6H,3H2,1-2H3. The molecule has 48 valence electrons. The van der Waals surface area contributed by atoms with Gasteiger partial charge in [-0.15, -0.1) is 0 Å². The Morgan fingerprint density at radius 2 is 2.12 bits per heavy atom. The third-order valence-electron chi connectivity index (χ3n) is 1.10. The molecule has 0 aromatic rings. The summed E-state index contributed by atoms with van der Waals surface area (Å²) < 4.78 is 17.1. The molecule has 8 heavy (non-hydrogen) atoms. The van der Waals surface area contributed by atoms with E-state index < -0.39 is 6.17 Å². The van der Waals surface area contributed by atoms with E-state index in [1.165, 1.54) is 0 Å². The smallest absolute Gasteiger partial charge is 0.129 e. The molecule has 2 heteroatoms. The maximum Gasteiger partial charge on any atom is 0.129 e. The van der Waals surface area contributed by atoms with Crippen molar-refractivity contribution in [2.75, 3.05) is 0 Å². The van der Waals surface area contributed by atoms with Crippen molar-refractivity contribution in [3.63, 3.8) is 0 Å². The highest BCUT2D eigenvalue weighted by atomic mass is 19.1. The molecule has 2 atom stereocenters. The first kappa shape index (κ1) is 6.02. The molecule has 0 amide bonds. The zero-order chi connectivity index (χ0) is 6.15. The van der Waals surface area contributed by atoms with Gasteiger partial charge >= 0.3 is 0 Å². The molecule has 1 aliphatic carbocycles. The molecule has 0 N–H and O–H groups in total. The number of hydrogen-bond acceptors (Lipinski definition) is 1. The predicted molar refractivity (Wildman–Crippen MR) is 29.5 cm³/mol. The van der Waals surface area contributed by atoms with Crippen LogP contribution in [0.1, 0.15) is 20.3 Å². The van der Waals surface area contributed by atoms with Crippen molar-refractivity contribution >= 4 is 0 Å². The summed E-state index contributed by atoms with van der Waals surface area (Å²) in [5, 5.41) is 0. The lowest BCUT2D eigenvalue weighted by atomic mass is 10.5. The largest absolute Gasteiger partial charge is 0.372 e. The first-order chi connectivity index (χ1) is 3.70. The molecule has 0 radical (unpaired) electrons. The Balaban J connectivity index is 2.05. The summed E-state index contributed by atoms with van der Waals surface area (Å²) in [7, 11) is 0.